The van der Waals surface area contributed by atoms with E-state index in [1.165, 1.54) is 28.6 Å². The lowest BCUT2D eigenvalue weighted by Gasteiger charge is -2.26. The third-order valence-electron chi connectivity index (χ3n) is 4.42. The molecule has 2 aromatic carbocycles. The molecular formula is C20H22FNO6S. The van der Waals surface area contributed by atoms with Crippen molar-refractivity contribution in [3.05, 3.63) is 59.4 Å². The molecule has 1 saturated heterocycles. The van der Waals surface area contributed by atoms with Crippen molar-refractivity contribution in [2.45, 2.75) is 11.8 Å². The molecule has 7 nitrogen and oxygen atoms in total. The van der Waals surface area contributed by atoms with E-state index in [0.717, 1.165) is 0 Å². The first kappa shape index (κ1) is 21.2. The Morgan fingerprint density at radius 3 is 2.59 bits per heavy atom. The van der Waals surface area contributed by atoms with Gasteiger partial charge in [0.1, 0.15) is 13.2 Å². The minimum atomic E-state index is -3.74. The van der Waals surface area contributed by atoms with E-state index < -0.39 is 21.8 Å². The molecular weight excluding hydrogens is 401 g/mol. The number of rotatable bonds is 7. The van der Waals surface area contributed by atoms with Gasteiger partial charge in [0, 0.05) is 13.1 Å². The van der Waals surface area contributed by atoms with Crippen LogP contribution in [0, 0.1) is 12.7 Å². The molecule has 0 atom stereocenters. The number of esters is 1. The number of carbonyl (C=O) groups excluding carboxylic acids is 1. The Balaban J connectivity index is 1.64. The minimum Gasteiger partial charge on any atom is -0.487 e. The molecule has 0 radical (unpaired) electrons. The van der Waals surface area contributed by atoms with Gasteiger partial charge in [-0.3, -0.25) is 0 Å². The number of carbonyl (C=O) groups is 1. The predicted molar refractivity (Wildman–Crippen MR) is 103 cm³/mol. The van der Waals surface area contributed by atoms with Crippen molar-refractivity contribution in [1.29, 1.82) is 0 Å². The van der Waals surface area contributed by atoms with Gasteiger partial charge in [0.25, 0.3) is 0 Å². The van der Waals surface area contributed by atoms with E-state index in [9.17, 15) is 17.6 Å². The number of halogens is 1. The summed E-state index contributed by atoms with van der Waals surface area (Å²) in [5.74, 6) is -1.12. The fraction of sp³-hybridized carbons (Fsp3) is 0.350. The van der Waals surface area contributed by atoms with Gasteiger partial charge < -0.3 is 14.2 Å². The Hall–Kier alpha value is -2.49. The molecule has 0 aliphatic carbocycles. The summed E-state index contributed by atoms with van der Waals surface area (Å²) in [6.07, 6.45) is 0. The fourth-order valence-electron chi connectivity index (χ4n) is 2.86. The molecule has 156 valence electrons. The first-order valence-corrected chi connectivity index (χ1v) is 10.6. The first-order valence-electron chi connectivity index (χ1n) is 9.12. The molecule has 1 aliphatic heterocycles. The lowest BCUT2D eigenvalue weighted by atomic mass is 10.1. The fourth-order valence-corrected chi connectivity index (χ4v) is 4.52. The topological polar surface area (TPSA) is 82.1 Å². The van der Waals surface area contributed by atoms with Gasteiger partial charge in [-0.05, 0) is 36.8 Å². The van der Waals surface area contributed by atoms with E-state index in [0.29, 0.717) is 18.8 Å². The Morgan fingerprint density at radius 2 is 1.86 bits per heavy atom. The van der Waals surface area contributed by atoms with Crippen molar-refractivity contribution in [1.82, 2.24) is 4.31 Å². The zero-order valence-corrected chi connectivity index (χ0v) is 16.8. The van der Waals surface area contributed by atoms with Crippen LogP contribution in [0.3, 0.4) is 0 Å². The van der Waals surface area contributed by atoms with Gasteiger partial charge in [0.05, 0.1) is 23.7 Å². The summed E-state index contributed by atoms with van der Waals surface area (Å²) in [5.41, 5.74) is 0.657. The SMILES string of the molecule is Cc1ccc(C(=O)OCCOc2ccccc2F)cc1S(=O)(=O)N1CCOCC1. The monoisotopic (exact) mass is 423 g/mol. The summed E-state index contributed by atoms with van der Waals surface area (Å²) in [5, 5.41) is 0. The smallest absolute Gasteiger partial charge is 0.338 e. The molecule has 1 fully saturated rings. The molecule has 0 saturated carbocycles. The number of sulfonamides is 1. The standard InChI is InChI=1S/C20H22FNO6S/c1-15-6-7-16(14-19(15)29(24,25)22-8-10-26-11-9-22)20(23)28-13-12-27-18-5-3-2-4-17(18)21/h2-7,14H,8-13H2,1H3. The molecule has 29 heavy (non-hydrogen) atoms. The highest BCUT2D eigenvalue weighted by molar-refractivity contribution is 7.89. The van der Waals surface area contributed by atoms with E-state index in [2.05, 4.69) is 0 Å². The van der Waals surface area contributed by atoms with Crippen molar-refractivity contribution >= 4 is 16.0 Å². The Bertz CT molecular complexity index is 973. The number of morpholine rings is 1. The van der Waals surface area contributed by atoms with Crippen molar-refractivity contribution in [2.24, 2.45) is 0 Å². The predicted octanol–water partition coefficient (Wildman–Crippen LogP) is 2.39. The summed E-state index contributed by atoms with van der Waals surface area (Å²) < 4.78 is 56.2. The third kappa shape index (κ3) is 5.11. The van der Waals surface area contributed by atoms with Crippen LogP contribution in [-0.2, 0) is 19.5 Å². The molecule has 2 aromatic rings. The highest BCUT2D eigenvalue weighted by Crippen LogP contribution is 2.23. The van der Waals surface area contributed by atoms with Crippen LogP contribution >= 0.6 is 0 Å². The number of ether oxygens (including phenoxy) is 3. The lowest BCUT2D eigenvalue weighted by Crippen LogP contribution is -2.40. The summed E-state index contributed by atoms with van der Waals surface area (Å²) in [6.45, 7) is 2.74. The zero-order chi connectivity index (χ0) is 20.9. The maximum atomic E-state index is 13.5. The van der Waals surface area contributed by atoms with Gasteiger partial charge in [-0.25, -0.2) is 17.6 Å². The summed E-state index contributed by atoms with van der Waals surface area (Å²) in [7, 11) is -3.74. The number of hydrogen-bond donors (Lipinski definition) is 0. The molecule has 1 aliphatic rings. The zero-order valence-electron chi connectivity index (χ0n) is 16.0. The third-order valence-corrected chi connectivity index (χ3v) is 6.46. The van der Waals surface area contributed by atoms with Crippen LogP contribution in [0.2, 0.25) is 0 Å². The van der Waals surface area contributed by atoms with Crippen LogP contribution in [0.4, 0.5) is 4.39 Å². The highest BCUT2D eigenvalue weighted by atomic mass is 32.2. The second kappa shape index (κ2) is 9.34. The number of nitrogens with zero attached hydrogens (tertiary/aromatic N) is 1. The van der Waals surface area contributed by atoms with E-state index >= 15 is 0 Å². The summed E-state index contributed by atoms with van der Waals surface area (Å²) in [4.78, 5) is 12.4. The van der Waals surface area contributed by atoms with E-state index in [4.69, 9.17) is 14.2 Å². The van der Waals surface area contributed by atoms with Gasteiger partial charge in [-0.1, -0.05) is 18.2 Å². The van der Waals surface area contributed by atoms with Crippen LogP contribution in [0.1, 0.15) is 15.9 Å². The molecule has 9 heteroatoms. The van der Waals surface area contributed by atoms with Crippen LogP contribution in [-0.4, -0.2) is 58.2 Å². The van der Waals surface area contributed by atoms with E-state index in [1.54, 1.807) is 25.1 Å². The number of para-hydroxylation sites is 1. The first-order chi connectivity index (χ1) is 13.9. The summed E-state index contributed by atoms with van der Waals surface area (Å²) >= 11 is 0. The minimum absolute atomic E-state index is 0.0303. The van der Waals surface area contributed by atoms with Gasteiger partial charge in [-0.2, -0.15) is 4.31 Å². The molecule has 3 rings (SSSR count). The lowest BCUT2D eigenvalue weighted by molar-refractivity contribution is 0.0448. The maximum Gasteiger partial charge on any atom is 0.338 e. The molecule has 1 heterocycles. The van der Waals surface area contributed by atoms with Crippen LogP contribution in [0.5, 0.6) is 5.75 Å². The Kier molecular flexibility index (Phi) is 6.83. The van der Waals surface area contributed by atoms with Crippen molar-refractivity contribution in [3.63, 3.8) is 0 Å². The molecule has 0 unspecified atom stereocenters. The number of benzene rings is 2. The highest BCUT2D eigenvalue weighted by Gasteiger charge is 2.28. The largest absolute Gasteiger partial charge is 0.487 e. The second-order valence-electron chi connectivity index (χ2n) is 6.41. The quantitative estimate of drug-likeness (QED) is 0.502. The molecule has 0 amide bonds. The van der Waals surface area contributed by atoms with E-state index in [-0.39, 0.29) is 42.5 Å². The Morgan fingerprint density at radius 1 is 1.14 bits per heavy atom. The number of hydrogen-bond acceptors (Lipinski definition) is 6. The molecule has 0 aromatic heterocycles. The average molecular weight is 423 g/mol. The molecule has 0 N–H and O–H groups in total. The van der Waals surface area contributed by atoms with Crippen LogP contribution in [0.25, 0.3) is 0 Å². The Labute approximate surface area is 169 Å². The van der Waals surface area contributed by atoms with Crippen molar-refractivity contribution in [2.75, 3.05) is 39.5 Å². The van der Waals surface area contributed by atoms with Crippen molar-refractivity contribution in [3.8, 4) is 5.75 Å². The van der Waals surface area contributed by atoms with Crippen LogP contribution in [0.15, 0.2) is 47.4 Å². The van der Waals surface area contributed by atoms with Gasteiger partial charge in [0.15, 0.2) is 11.6 Å². The number of aryl methyl sites for hydroxylation is 1. The molecule has 0 bridgehead atoms. The average Bonchev–Trinajstić information content (AvgIpc) is 2.73. The molecule has 0 spiro atoms. The van der Waals surface area contributed by atoms with Gasteiger partial charge in [-0.15, -0.1) is 0 Å². The maximum absolute atomic E-state index is 13.5. The van der Waals surface area contributed by atoms with E-state index in [1.807, 2.05) is 0 Å². The van der Waals surface area contributed by atoms with Gasteiger partial charge >= 0.3 is 5.97 Å². The van der Waals surface area contributed by atoms with Gasteiger partial charge in [0.2, 0.25) is 10.0 Å². The van der Waals surface area contributed by atoms with Crippen LogP contribution < -0.4 is 4.74 Å². The summed E-state index contributed by atoms with van der Waals surface area (Å²) in [6, 6.07) is 10.3. The van der Waals surface area contributed by atoms with Crippen molar-refractivity contribution < 1.29 is 31.8 Å². The second-order valence-corrected chi connectivity index (χ2v) is 8.32. The normalized spacial score (nSPS) is 15.1.